The number of hydrogen-bond donors (Lipinski definition) is 1. The lowest BCUT2D eigenvalue weighted by atomic mass is 9.88. The molecule has 3 nitrogen and oxygen atoms in total. The van der Waals surface area contributed by atoms with Crippen molar-refractivity contribution in [2.24, 2.45) is 0 Å². The molecule has 0 aliphatic carbocycles. The highest BCUT2D eigenvalue weighted by Crippen LogP contribution is 2.25. The largest absolute Gasteiger partial charge is 0.355 e. The molecule has 1 N–H and O–H groups in total. The molecule has 0 bridgehead atoms. The molecule has 3 rings (SSSR count). The Balaban J connectivity index is 1.51. The molecular weight excluding hydrogens is 380 g/mol. The molecule has 0 aromatic heterocycles. The molecule has 3 heteroatoms. The summed E-state index contributed by atoms with van der Waals surface area (Å²) >= 11 is 0. The maximum atomic E-state index is 12.3. The van der Waals surface area contributed by atoms with Crippen LogP contribution in [0.4, 0.5) is 0 Å². The quantitative estimate of drug-likeness (QED) is 0.478. The lowest BCUT2D eigenvalue weighted by Gasteiger charge is -2.16. The summed E-state index contributed by atoms with van der Waals surface area (Å²) in [5.74, 6) is 0.383. The minimum atomic E-state index is 0.0533. The van der Waals surface area contributed by atoms with Gasteiger partial charge in [-0.1, -0.05) is 78.9 Å². The molecule has 0 spiro atoms. The van der Waals surface area contributed by atoms with Crippen LogP contribution in [-0.4, -0.2) is 12.5 Å². The Hall–Kier alpha value is -3.38. The predicted molar refractivity (Wildman–Crippen MR) is 126 cm³/mol. The summed E-state index contributed by atoms with van der Waals surface area (Å²) in [6.07, 6.45) is 3.55. The number of nitrogens with zero attached hydrogens (tertiary/aromatic N) is 1. The molecule has 0 heterocycles. The first-order chi connectivity index (χ1) is 15.2. The minimum Gasteiger partial charge on any atom is -0.355 e. The van der Waals surface area contributed by atoms with Crippen molar-refractivity contribution in [2.45, 2.75) is 44.9 Å². The van der Waals surface area contributed by atoms with E-state index in [-0.39, 0.29) is 5.91 Å². The molecule has 31 heavy (non-hydrogen) atoms. The van der Waals surface area contributed by atoms with E-state index in [0.717, 1.165) is 24.8 Å². The molecule has 0 aliphatic heterocycles. The van der Waals surface area contributed by atoms with E-state index >= 15 is 0 Å². The molecule has 0 saturated heterocycles. The van der Waals surface area contributed by atoms with Crippen LogP contribution in [0.2, 0.25) is 0 Å². The highest BCUT2D eigenvalue weighted by Gasteiger charge is 2.12. The molecule has 3 aromatic carbocycles. The van der Waals surface area contributed by atoms with Crippen molar-refractivity contribution < 1.29 is 4.79 Å². The first-order valence-corrected chi connectivity index (χ1v) is 11.0. The third-order valence-electron chi connectivity index (χ3n) is 5.72. The maximum absolute atomic E-state index is 12.3. The number of carbonyl (C=O) groups excluding carboxylic acids is 1. The Bertz CT molecular complexity index is 1000. The minimum absolute atomic E-state index is 0.0533. The third kappa shape index (κ3) is 7.12. The van der Waals surface area contributed by atoms with Gasteiger partial charge in [0, 0.05) is 13.0 Å². The van der Waals surface area contributed by atoms with Crippen molar-refractivity contribution in [3.63, 3.8) is 0 Å². The van der Waals surface area contributed by atoms with Crippen molar-refractivity contribution in [3.8, 4) is 6.07 Å². The second kappa shape index (κ2) is 11.7. The van der Waals surface area contributed by atoms with Gasteiger partial charge in [-0.25, -0.2) is 0 Å². The smallest absolute Gasteiger partial charge is 0.224 e. The number of hydrogen-bond acceptors (Lipinski definition) is 2. The Kier molecular flexibility index (Phi) is 8.43. The van der Waals surface area contributed by atoms with Crippen molar-refractivity contribution in [3.05, 3.63) is 107 Å². The first-order valence-electron chi connectivity index (χ1n) is 11.0. The van der Waals surface area contributed by atoms with Crippen molar-refractivity contribution >= 4 is 5.91 Å². The predicted octanol–water partition coefficient (Wildman–Crippen LogP) is 5.53. The molecular formula is C28H30N2O. The second-order valence-corrected chi connectivity index (χ2v) is 8.03. The van der Waals surface area contributed by atoms with Crippen LogP contribution in [0.1, 0.15) is 46.6 Å². The Morgan fingerprint density at radius 2 is 1.61 bits per heavy atom. The van der Waals surface area contributed by atoms with Crippen LogP contribution < -0.4 is 5.32 Å². The van der Waals surface area contributed by atoms with Crippen LogP contribution in [0.3, 0.4) is 0 Å². The van der Waals surface area contributed by atoms with E-state index in [0.29, 0.717) is 25.3 Å². The molecule has 3 aromatic rings. The molecule has 0 radical (unpaired) electrons. The molecule has 0 aliphatic rings. The summed E-state index contributed by atoms with van der Waals surface area (Å²) in [6, 6.07) is 29.3. The molecule has 0 fully saturated rings. The van der Waals surface area contributed by atoms with Gasteiger partial charge in [0.1, 0.15) is 0 Å². The fourth-order valence-corrected chi connectivity index (χ4v) is 3.90. The van der Waals surface area contributed by atoms with E-state index in [1.807, 2.05) is 30.3 Å². The van der Waals surface area contributed by atoms with Crippen LogP contribution in [0.15, 0.2) is 78.9 Å². The average molecular weight is 411 g/mol. The number of carbonyl (C=O) groups is 1. The van der Waals surface area contributed by atoms with Crippen LogP contribution in [0.25, 0.3) is 0 Å². The monoisotopic (exact) mass is 410 g/mol. The van der Waals surface area contributed by atoms with Crippen molar-refractivity contribution in [2.75, 3.05) is 6.54 Å². The molecule has 1 amide bonds. The summed E-state index contributed by atoms with van der Waals surface area (Å²) in [5.41, 5.74) is 6.06. The molecule has 1 atom stereocenters. The van der Waals surface area contributed by atoms with Crippen molar-refractivity contribution in [1.82, 2.24) is 5.32 Å². The zero-order valence-corrected chi connectivity index (χ0v) is 18.2. The number of amides is 1. The van der Waals surface area contributed by atoms with E-state index in [1.54, 1.807) is 0 Å². The number of nitrogens with one attached hydrogen (secondary N) is 1. The van der Waals surface area contributed by atoms with Crippen molar-refractivity contribution in [1.29, 1.82) is 5.26 Å². The number of benzene rings is 3. The van der Waals surface area contributed by atoms with E-state index in [2.05, 4.69) is 66.8 Å². The summed E-state index contributed by atoms with van der Waals surface area (Å²) in [6.45, 7) is 2.75. The van der Waals surface area contributed by atoms with Gasteiger partial charge < -0.3 is 5.32 Å². The van der Waals surface area contributed by atoms with E-state index in [9.17, 15) is 4.79 Å². The van der Waals surface area contributed by atoms with Crippen LogP contribution in [0.5, 0.6) is 0 Å². The van der Waals surface area contributed by atoms with E-state index in [1.165, 1.54) is 22.3 Å². The lowest BCUT2D eigenvalue weighted by Crippen LogP contribution is -2.27. The summed E-state index contributed by atoms with van der Waals surface area (Å²) < 4.78 is 0. The van der Waals surface area contributed by atoms with E-state index in [4.69, 9.17) is 5.26 Å². The van der Waals surface area contributed by atoms with Gasteiger partial charge in [0.15, 0.2) is 0 Å². The van der Waals surface area contributed by atoms with E-state index < -0.39 is 0 Å². The fourth-order valence-electron chi connectivity index (χ4n) is 3.90. The normalized spacial score (nSPS) is 11.5. The summed E-state index contributed by atoms with van der Waals surface area (Å²) in [7, 11) is 0. The lowest BCUT2D eigenvalue weighted by molar-refractivity contribution is -0.120. The Labute approximate surface area is 185 Å². The van der Waals surface area contributed by atoms with Gasteiger partial charge in [-0.05, 0) is 59.9 Å². The zero-order valence-electron chi connectivity index (χ0n) is 18.2. The first kappa shape index (κ1) is 22.3. The Morgan fingerprint density at radius 1 is 0.935 bits per heavy atom. The number of rotatable bonds is 10. The van der Waals surface area contributed by atoms with Gasteiger partial charge in [-0.2, -0.15) is 5.26 Å². The van der Waals surface area contributed by atoms with Gasteiger partial charge in [0.2, 0.25) is 5.91 Å². The SMILES string of the molecule is Cc1ccccc1CCNC(=O)Cc1ccc(CC(CCC#N)c2ccccc2)cc1. The second-order valence-electron chi connectivity index (χ2n) is 8.03. The Morgan fingerprint density at radius 3 is 2.32 bits per heavy atom. The van der Waals surface area contributed by atoms with Gasteiger partial charge in [0.25, 0.3) is 0 Å². The molecule has 0 saturated carbocycles. The molecule has 158 valence electrons. The van der Waals surface area contributed by atoms with Crippen LogP contribution >= 0.6 is 0 Å². The maximum Gasteiger partial charge on any atom is 0.224 e. The molecule has 1 unspecified atom stereocenters. The topological polar surface area (TPSA) is 52.9 Å². The standard InChI is InChI=1S/C28H30N2O/c1-22-8-5-6-9-25(22)17-19-30-28(31)21-24-15-13-23(14-16-24)20-27(12-7-18-29)26-10-3-2-4-11-26/h2-6,8-11,13-16,27H,7,12,17,19-21H2,1H3,(H,30,31). The fraction of sp³-hybridized carbons (Fsp3) is 0.286. The van der Waals surface area contributed by atoms with Gasteiger partial charge in [-0.15, -0.1) is 0 Å². The van der Waals surface area contributed by atoms with Crippen LogP contribution in [-0.2, 0) is 24.1 Å². The average Bonchev–Trinajstić information content (AvgIpc) is 2.79. The summed E-state index contributed by atoms with van der Waals surface area (Å²) in [5, 5.41) is 12.0. The van der Waals surface area contributed by atoms with Crippen LogP contribution in [0, 0.1) is 18.3 Å². The van der Waals surface area contributed by atoms with Gasteiger partial charge in [0.05, 0.1) is 12.5 Å². The van der Waals surface area contributed by atoms with Gasteiger partial charge in [-0.3, -0.25) is 4.79 Å². The van der Waals surface area contributed by atoms with Gasteiger partial charge >= 0.3 is 0 Å². The summed E-state index contributed by atoms with van der Waals surface area (Å²) in [4.78, 5) is 12.3. The third-order valence-corrected chi connectivity index (χ3v) is 5.72. The number of aryl methyl sites for hydroxylation is 1. The highest BCUT2D eigenvalue weighted by molar-refractivity contribution is 5.78. The zero-order chi connectivity index (χ0) is 21.9. The highest BCUT2D eigenvalue weighted by atomic mass is 16.1. The number of nitriles is 1.